The fraction of sp³-hybridized carbons (Fsp3) is 0.556. The van der Waals surface area contributed by atoms with E-state index in [0.29, 0.717) is 0 Å². The molecule has 1 atom stereocenters. The number of aliphatic hydroxyl groups is 1. The van der Waals surface area contributed by atoms with Crippen molar-refractivity contribution in [1.29, 1.82) is 0 Å². The molecule has 0 saturated carbocycles. The summed E-state index contributed by atoms with van der Waals surface area (Å²) in [5.74, 6) is -0.615. The van der Waals surface area contributed by atoms with E-state index in [4.69, 9.17) is 0 Å². The summed E-state index contributed by atoms with van der Waals surface area (Å²) in [7, 11) is 1.25. The Hall–Kier alpha value is -0.940. The number of aromatic nitrogens is 1. The Morgan fingerprint density at radius 1 is 1.64 bits per heavy atom. The van der Waals surface area contributed by atoms with Crippen molar-refractivity contribution < 1.29 is 14.6 Å². The maximum Gasteiger partial charge on any atom is 0.335 e. The van der Waals surface area contributed by atoms with Crippen molar-refractivity contribution in [3.63, 3.8) is 0 Å². The van der Waals surface area contributed by atoms with Crippen LogP contribution < -0.4 is 0 Å². The first kappa shape index (κ1) is 11.1. The molecule has 1 N–H and O–H groups in total. The lowest BCUT2D eigenvalue weighted by Gasteiger charge is -2.04. The molecule has 4 nitrogen and oxygen atoms in total. The van der Waals surface area contributed by atoms with E-state index in [-0.39, 0.29) is 6.42 Å². The topological polar surface area (TPSA) is 59.4 Å². The molecule has 0 aromatic carbocycles. The maximum atomic E-state index is 10.9. The monoisotopic (exact) mass is 215 g/mol. The Morgan fingerprint density at radius 3 is 2.71 bits per heavy atom. The van der Waals surface area contributed by atoms with Gasteiger partial charge < -0.3 is 9.84 Å². The number of nitrogens with zero attached hydrogens (tertiary/aromatic N) is 1. The van der Waals surface area contributed by atoms with Crippen LogP contribution in [-0.2, 0) is 16.0 Å². The molecule has 1 heterocycles. The molecule has 0 radical (unpaired) electrons. The van der Waals surface area contributed by atoms with Crippen LogP contribution in [0.2, 0.25) is 0 Å². The minimum Gasteiger partial charge on any atom is -0.467 e. The summed E-state index contributed by atoms with van der Waals surface area (Å²) < 4.78 is 4.41. The van der Waals surface area contributed by atoms with Crippen LogP contribution in [0, 0.1) is 13.8 Å². The van der Waals surface area contributed by atoms with E-state index in [0.717, 1.165) is 15.6 Å². The Balaban J connectivity index is 2.64. The van der Waals surface area contributed by atoms with Crippen LogP contribution in [0.15, 0.2) is 0 Å². The summed E-state index contributed by atoms with van der Waals surface area (Å²) in [5.41, 5.74) is 0.946. The molecule has 0 aliphatic carbocycles. The molecule has 1 aromatic rings. The van der Waals surface area contributed by atoms with Crippen molar-refractivity contribution in [2.45, 2.75) is 26.4 Å². The summed E-state index contributed by atoms with van der Waals surface area (Å²) in [6.45, 7) is 3.86. The van der Waals surface area contributed by atoms with Crippen LogP contribution in [0.5, 0.6) is 0 Å². The minimum atomic E-state index is -1.11. The van der Waals surface area contributed by atoms with Gasteiger partial charge in [-0.25, -0.2) is 9.78 Å². The van der Waals surface area contributed by atoms with Crippen molar-refractivity contribution in [2.24, 2.45) is 0 Å². The molecule has 14 heavy (non-hydrogen) atoms. The van der Waals surface area contributed by atoms with Crippen LogP contribution in [0.1, 0.15) is 15.6 Å². The second kappa shape index (κ2) is 4.52. The Bertz CT molecular complexity index is 315. The van der Waals surface area contributed by atoms with Crippen LogP contribution >= 0.6 is 11.3 Å². The van der Waals surface area contributed by atoms with E-state index in [1.165, 1.54) is 18.4 Å². The second-order valence-electron chi connectivity index (χ2n) is 2.99. The van der Waals surface area contributed by atoms with Crippen molar-refractivity contribution in [1.82, 2.24) is 4.98 Å². The summed E-state index contributed by atoms with van der Waals surface area (Å²) >= 11 is 1.49. The van der Waals surface area contributed by atoms with Gasteiger partial charge in [-0.15, -0.1) is 11.3 Å². The van der Waals surface area contributed by atoms with E-state index < -0.39 is 12.1 Å². The molecule has 0 bridgehead atoms. The Labute approximate surface area is 86.6 Å². The number of hydrogen-bond donors (Lipinski definition) is 1. The molecule has 0 amide bonds. The predicted octanol–water partition coefficient (Wildman–Crippen LogP) is 0.836. The zero-order chi connectivity index (χ0) is 10.7. The van der Waals surface area contributed by atoms with Gasteiger partial charge in [0, 0.05) is 11.3 Å². The zero-order valence-electron chi connectivity index (χ0n) is 8.40. The smallest absolute Gasteiger partial charge is 0.335 e. The molecule has 0 spiro atoms. The third-order valence-electron chi connectivity index (χ3n) is 1.91. The first-order valence-corrected chi connectivity index (χ1v) is 5.05. The zero-order valence-corrected chi connectivity index (χ0v) is 9.22. The van der Waals surface area contributed by atoms with Crippen molar-refractivity contribution in [3.8, 4) is 0 Å². The van der Waals surface area contributed by atoms with Gasteiger partial charge in [-0.3, -0.25) is 0 Å². The third kappa shape index (κ3) is 2.52. The van der Waals surface area contributed by atoms with E-state index in [9.17, 15) is 9.90 Å². The van der Waals surface area contributed by atoms with E-state index in [1.807, 2.05) is 13.8 Å². The quantitative estimate of drug-likeness (QED) is 0.759. The predicted molar refractivity (Wildman–Crippen MR) is 53.3 cm³/mol. The van der Waals surface area contributed by atoms with Gasteiger partial charge in [0.1, 0.15) is 0 Å². The Morgan fingerprint density at radius 2 is 2.29 bits per heavy atom. The lowest BCUT2D eigenvalue weighted by molar-refractivity contribution is -0.150. The molecule has 0 aliphatic heterocycles. The number of thiazole rings is 1. The van der Waals surface area contributed by atoms with Gasteiger partial charge in [0.2, 0.25) is 0 Å². The number of carbonyl (C=O) groups excluding carboxylic acids is 1. The second-order valence-corrected chi connectivity index (χ2v) is 4.28. The van der Waals surface area contributed by atoms with Crippen LogP contribution in [0.4, 0.5) is 0 Å². The highest BCUT2D eigenvalue weighted by Gasteiger charge is 2.18. The molecule has 5 heteroatoms. The Kier molecular flexibility index (Phi) is 3.60. The number of hydrogen-bond acceptors (Lipinski definition) is 5. The molecule has 78 valence electrons. The average Bonchev–Trinajstić information content (AvgIpc) is 2.44. The van der Waals surface area contributed by atoms with Gasteiger partial charge in [0.15, 0.2) is 6.10 Å². The largest absolute Gasteiger partial charge is 0.467 e. The van der Waals surface area contributed by atoms with Crippen molar-refractivity contribution in [3.05, 3.63) is 15.6 Å². The number of carbonyl (C=O) groups is 1. The highest BCUT2D eigenvalue weighted by Crippen LogP contribution is 2.17. The third-order valence-corrected chi connectivity index (χ3v) is 3.01. The van der Waals surface area contributed by atoms with Crippen LogP contribution in [0.25, 0.3) is 0 Å². The summed E-state index contributed by atoms with van der Waals surface area (Å²) in [6, 6.07) is 0. The minimum absolute atomic E-state index is 0.228. The lowest BCUT2D eigenvalue weighted by atomic mass is 10.2. The molecule has 1 aromatic heterocycles. The van der Waals surface area contributed by atoms with Gasteiger partial charge in [-0.05, 0) is 13.8 Å². The van der Waals surface area contributed by atoms with E-state index >= 15 is 0 Å². The molecule has 0 aliphatic rings. The van der Waals surface area contributed by atoms with Gasteiger partial charge in [-0.2, -0.15) is 0 Å². The average molecular weight is 215 g/mol. The van der Waals surface area contributed by atoms with E-state index in [2.05, 4.69) is 9.72 Å². The normalized spacial score (nSPS) is 12.6. The molecule has 0 saturated heterocycles. The summed E-state index contributed by atoms with van der Waals surface area (Å²) in [4.78, 5) is 16.2. The van der Waals surface area contributed by atoms with Gasteiger partial charge in [0.25, 0.3) is 0 Å². The molecular formula is C9H13NO3S. The van der Waals surface area contributed by atoms with Gasteiger partial charge in [-0.1, -0.05) is 0 Å². The number of ether oxygens (including phenoxy) is 1. The fourth-order valence-electron chi connectivity index (χ4n) is 1.01. The highest BCUT2D eigenvalue weighted by atomic mass is 32.1. The SMILES string of the molecule is COC(=O)C(O)Cc1nc(C)c(C)s1. The number of esters is 1. The first-order chi connectivity index (χ1) is 6.54. The van der Waals surface area contributed by atoms with Gasteiger partial charge >= 0.3 is 5.97 Å². The van der Waals surface area contributed by atoms with Gasteiger partial charge in [0.05, 0.1) is 17.8 Å². The van der Waals surface area contributed by atoms with E-state index in [1.54, 1.807) is 0 Å². The van der Waals surface area contributed by atoms with Crippen molar-refractivity contribution >= 4 is 17.3 Å². The number of rotatable bonds is 3. The first-order valence-electron chi connectivity index (χ1n) is 4.23. The van der Waals surface area contributed by atoms with Crippen LogP contribution in [-0.4, -0.2) is 29.3 Å². The fourth-order valence-corrected chi connectivity index (χ4v) is 1.98. The highest BCUT2D eigenvalue weighted by molar-refractivity contribution is 7.11. The number of methoxy groups -OCH3 is 1. The molecule has 0 fully saturated rings. The van der Waals surface area contributed by atoms with Crippen LogP contribution in [0.3, 0.4) is 0 Å². The standard InChI is InChI=1S/C9H13NO3S/c1-5-6(2)14-8(10-5)4-7(11)9(12)13-3/h7,11H,4H2,1-3H3. The van der Waals surface area contributed by atoms with Crippen molar-refractivity contribution in [2.75, 3.05) is 7.11 Å². The number of aliphatic hydroxyl groups excluding tert-OH is 1. The maximum absolute atomic E-state index is 10.9. The molecule has 1 unspecified atom stereocenters. The molecule has 1 rings (SSSR count). The summed E-state index contributed by atoms with van der Waals surface area (Å²) in [5, 5.41) is 10.1. The molecular weight excluding hydrogens is 202 g/mol. The lowest BCUT2D eigenvalue weighted by Crippen LogP contribution is -2.23. The number of aryl methyl sites for hydroxylation is 2. The summed E-state index contributed by atoms with van der Waals surface area (Å²) in [6.07, 6.45) is -0.878.